The lowest BCUT2D eigenvalue weighted by molar-refractivity contribution is -0.137. The van der Waals surface area contributed by atoms with Crippen LogP contribution in [-0.4, -0.2) is 60.0 Å². The van der Waals surface area contributed by atoms with Gasteiger partial charge in [-0.3, -0.25) is 24.5 Å². The average molecular weight is 530 g/mol. The predicted molar refractivity (Wildman–Crippen MR) is 154 cm³/mol. The summed E-state index contributed by atoms with van der Waals surface area (Å²) < 4.78 is 6.14. The number of amides is 2. The molecule has 1 aromatic carbocycles. The average Bonchev–Trinajstić information content (AvgIpc) is 2.99. The zero-order valence-electron chi connectivity index (χ0n) is 23.7. The number of aromatic nitrogens is 2. The molecule has 0 N–H and O–H groups in total. The summed E-state index contributed by atoms with van der Waals surface area (Å²) in [6, 6.07) is 11.8. The Kier molecular flexibility index (Phi) is 8.97. The van der Waals surface area contributed by atoms with Gasteiger partial charge >= 0.3 is 0 Å². The van der Waals surface area contributed by atoms with Crippen LogP contribution in [0.25, 0.3) is 0 Å². The number of ether oxygens (including phenoxy) is 1. The third-order valence-electron chi connectivity index (χ3n) is 7.39. The quantitative estimate of drug-likeness (QED) is 0.266. The lowest BCUT2D eigenvalue weighted by Crippen LogP contribution is -2.47. The number of hydrogen-bond acceptors (Lipinski definition) is 6. The molecule has 39 heavy (non-hydrogen) atoms. The molecule has 0 saturated heterocycles. The zero-order chi connectivity index (χ0) is 28.0. The normalized spacial score (nSPS) is 14.9. The van der Waals surface area contributed by atoms with Crippen LogP contribution in [0.1, 0.15) is 43.9 Å². The van der Waals surface area contributed by atoms with Gasteiger partial charge in [0.15, 0.2) is 0 Å². The Balaban J connectivity index is 1.41. The molecular formula is C31H39N5O3. The van der Waals surface area contributed by atoms with E-state index in [0.29, 0.717) is 24.6 Å². The summed E-state index contributed by atoms with van der Waals surface area (Å²) in [7, 11) is 1.72. The summed E-state index contributed by atoms with van der Waals surface area (Å²) >= 11 is 0. The molecule has 2 aromatic heterocycles. The Morgan fingerprint density at radius 2 is 1.77 bits per heavy atom. The smallest absolute Gasteiger partial charge is 0.242 e. The highest BCUT2D eigenvalue weighted by Gasteiger charge is 2.45. The first kappa shape index (κ1) is 28.2. The summed E-state index contributed by atoms with van der Waals surface area (Å²) in [5.41, 5.74) is 3.96. The van der Waals surface area contributed by atoms with Crippen molar-refractivity contribution in [1.82, 2.24) is 14.9 Å². The van der Waals surface area contributed by atoms with Crippen molar-refractivity contribution in [2.75, 3.05) is 43.1 Å². The Morgan fingerprint density at radius 1 is 0.974 bits per heavy atom. The van der Waals surface area contributed by atoms with Crippen molar-refractivity contribution in [3.8, 4) is 5.75 Å². The van der Waals surface area contributed by atoms with Gasteiger partial charge in [-0.2, -0.15) is 0 Å². The van der Waals surface area contributed by atoms with Gasteiger partial charge in [-0.05, 0) is 81.5 Å². The number of anilines is 2. The van der Waals surface area contributed by atoms with Crippen LogP contribution in [0.15, 0.2) is 61.2 Å². The van der Waals surface area contributed by atoms with Gasteiger partial charge < -0.3 is 14.5 Å². The molecule has 0 spiro atoms. The maximum absolute atomic E-state index is 13.1. The maximum Gasteiger partial charge on any atom is 0.242 e. The van der Waals surface area contributed by atoms with Crippen molar-refractivity contribution in [2.24, 2.45) is 5.41 Å². The van der Waals surface area contributed by atoms with Crippen LogP contribution in [0.5, 0.6) is 5.75 Å². The number of benzene rings is 1. The molecule has 4 rings (SSSR count). The number of carbonyl (C=O) groups is 2. The van der Waals surface area contributed by atoms with Crippen LogP contribution in [-0.2, 0) is 22.6 Å². The van der Waals surface area contributed by atoms with Gasteiger partial charge in [-0.15, -0.1) is 0 Å². The van der Waals surface area contributed by atoms with E-state index in [2.05, 4.69) is 33.9 Å². The van der Waals surface area contributed by atoms with Crippen molar-refractivity contribution < 1.29 is 14.3 Å². The Morgan fingerprint density at radius 3 is 2.49 bits per heavy atom. The molecule has 1 aliphatic rings. The van der Waals surface area contributed by atoms with Crippen LogP contribution in [0.4, 0.5) is 11.4 Å². The summed E-state index contributed by atoms with van der Waals surface area (Å²) in [6.07, 6.45) is 9.25. The molecule has 0 atom stereocenters. The number of pyridine rings is 2. The molecule has 0 aliphatic carbocycles. The van der Waals surface area contributed by atoms with E-state index >= 15 is 0 Å². The number of rotatable bonds is 11. The van der Waals surface area contributed by atoms with Crippen molar-refractivity contribution in [3.05, 3.63) is 77.9 Å². The fourth-order valence-electron chi connectivity index (χ4n) is 4.97. The summed E-state index contributed by atoms with van der Waals surface area (Å²) in [5, 5.41) is 0. The van der Waals surface area contributed by atoms with E-state index in [1.807, 2.05) is 49.8 Å². The van der Waals surface area contributed by atoms with E-state index in [1.165, 1.54) is 16.7 Å². The molecule has 0 fully saturated rings. The van der Waals surface area contributed by atoms with Gasteiger partial charge in [0.2, 0.25) is 11.8 Å². The minimum absolute atomic E-state index is 0.190. The van der Waals surface area contributed by atoms with Crippen molar-refractivity contribution in [3.63, 3.8) is 0 Å². The Bertz CT molecular complexity index is 1290. The van der Waals surface area contributed by atoms with Gasteiger partial charge in [-0.1, -0.05) is 6.07 Å². The minimum Gasteiger partial charge on any atom is -0.493 e. The van der Waals surface area contributed by atoms with Crippen molar-refractivity contribution in [1.29, 1.82) is 0 Å². The topological polar surface area (TPSA) is 78.9 Å². The molecule has 1 aliphatic heterocycles. The fourth-order valence-corrected chi connectivity index (χ4v) is 4.97. The molecule has 0 unspecified atom stereocenters. The second-order valence-corrected chi connectivity index (χ2v) is 10.6. The van der Waals surface area contributed by atoms with E-state index in [9.17, 15) is 9.59 Å². The van der Waals surface area contributed by atoms with Crippen molar-refractivity contribution in [2.45, 2.75) is 47.1 Å². The number of hydrogen-bond donors (Lipinski definition) is 0. The number of nitrogens with zero attached hydrogens (tertiary/aromatic N) is 5. The molecule has 0 bridgehead atoms. The highest BCUT2D eigenvalue weighted by atomic mass is 16.5. The molecule has 3 heterocycles. The first-order valence-corrected chi connectivity index (χ1v) is 13.6. The first-order valence-electron chi connectivity index (χ1n) is 13.6. The second-order valence-electron chi connectivity index (χ2n) is 10.6. The SMILES string of the molecule is CCN1C(=O)C(C)(C)C(=O)N(C)c2cc(OCCCN(CCc3cccnc3)Cc3ccncc3C)ccc21. The van der Waals surface area contributed by atoms with E-state index in [1.54, 1.807) is 36.9 Å². The van der Waals surface area contributed by atoms with Gasteiger partial charge in [0.05, 0.1) is 18.0 Å². The molecule has 2 amide bonds. The highest BCUT2D eigenvalue weighted by Crippen LogP contribution is 2.40. The van der Waals surface area contributed by atoms with Gasteiger partial charge in [0.25, 0.3) is 0 Å². The maximum atomic E-state index is 13.1. The third kappa shape index (κ3) is 6.45. The molecule has 206 valence electrons. The van der Waals surface area contributed by atoms with Crippen LogP contribution in [0.2, 0.25) is 0 Å². The number of carbonyl (C=O) groups excluding carboxylic acids is 2. The monoisotopic (exact) mass is 529 g/mol. The van der Waals surface area contributed by atoms with E-state index in [0.717, 1.165) is 38.2 Å². The molecule has 8 heteroatoms. The second kappa shape index (κ2) is 12.4. The standard InChI is InChI=1S/C31H39N5O3/c1-6-36-27-11-10-26(19-28(27)34(5)29(37)31(3,4)30(36)38)39-18-8-16-35(17-13-24-9-7-14-32-21-24)22-25-12-15-33-20-23(25)2/h7,9-12,14-15,19-21H,6,8,13,16-18,22H2,1-5H3. The first-order chi connectivity index (χ1) is 18.7. The van der Waals surface area contributed by atoms with Gasteiger partial charge in [-0.25, -0.2) is 0 Å². The lowest BCUT2D eigenvalue weighted by atomic mass is 9.90. The van der Waals surface area contributed by atoms with E-state index in [-0.39, 0.29) is 11.8 Å². The summed E-state index contributed by atoms with van der Waals surface area (Å²) in [4.78, 5) is 40.4. The van der Waals surface area contributed by atoms with Crippen LogP contribution >= 0.6 is 0 Å². The van der Waals surface area contributed by atoms with E-state index in [4.69, 9.17) is 4.74 Å². The molecule has 3 aromatic rings. The van der Waals surface area contributed by atoms with Crippen LogP contribution < -0.4 is 14.5 Å². The molecular weight excluding hydrogens is 490 g/mol. The third-order valence-corrected chi connectivity index (χ3v) is 7.39. The molecule has 0 radical (unpaired) electrons. The Labute approximate surface area is 231 Å². The molecule has 8 nitrogen and oxygen atoms in total. The van der Waals surface area contributed by atoms with Crippen LogP contribution in [0.3, 0.4) is 0 Å². The van der Waals surface area contributed by atoms with Crippen LogP contribution in [0, 0.1) is 12.3 Å². The Hall–Kier alpha value is -3.78. The summed E-state index contributed by atoms with van der Waals surface area (Å²) in [5.74, 6) is 0.270. The lowest BCUT2D eigenvalue weighted by Gasteiger charge is -2.27. The largest absolute Gasteiger partial charge is 0.493 e. The number of fused-ring (bicyclic) bond motifs is 1. The fraction of sp³-hybridized carbons (Fsp3) is 0.419. The highest BCUT2D eigenvalue weighted by molar-refractivity contribution is 6.20. The van der Waals surface area contributed by atoms with Crippen molar-refractivity contribution >= 4 is 23.2 Å². The van der Waals surface area contributed by atoms with Gasteiger partial charge in [0, 0.05) is 64.1 Å². The zero-order valence-corrected chi connectivity index (χ0v) is 23.7. The molecule has 0 saturated carbocycles. The summed E-state index contributed by atoms with van der Waals surface area (Å²) in [6.45, 7) is 11.1. The van der Waals surface area contributed by atoms with Gasteiger partial charge in [0.1, 0.15) is 11.2 Å². The predicted octanol–water partition coefficient (Wildman–Crippen LogP) is 4.65. The minimum atomic E-state index is -1.13. The number of aryl methyl sites for hydroxylation is 1. The van der Waals surface area contributed by atoms with E-state index < -0.39 is 5.41 Å².